The van der Waals surface area contributed by atoms with Crippen molar-refractivity contribution in [1.29, 1.82) is 0 Å². The first-order chi connectivity index (χ1) is 11.1. The van der Waals surface area contributed by atoms with Crippen molar-refractivity contribution in [2.45, 2.75) is 77.7 Å². The summed E-state index contributed by atoms with van der Waals surface area (Å²) in [7, 11) is 0. The monoisotopic (exact) mass is 326 g/mol. The van der Waals surface area contributed by atoms with Crippen molar-refractivity contribution in [1.82, 2.24) is 0 Å². The summed E-state index contributed by atoms with van der Waals surface area (Å²) >= 11 is 0. The summed E-state index contributed by atoms with van der Waals surface area (Å²) in [6.07, 6.45) is 9.69. The summed E-state index contributed by atoms with van der Waals surface area (Å²) < 4.78 is 31.8. The minimum Gasteiger partial charge on any atom is -0.459 e. The van der Waals surface area contributed by atoms with Gasteiger partial charge in [-0.25, -0.2) is 13.6 Å². The maximum absolute atomic E-state index is 13.6. The molecular weight excluding hydrogens is 298 g/mol. The average molecular weight is 326 g/mol. The Morgan fingerprint density at radius 2 is 1.70 bits per heavy atom. The summed E-state index contributed by atoms with van der Waals surface area (Å²) in [5, 5.41) is 0. The molecule has 1 atom stereocenters. The van der Waals surface area contributed by atoms with Crippen molar-refractivity contribution in [3.05, 3.63) is 35.4 Å². The number of benzene rings is 1. The zero-order valence-electron chi connectivity index (χ0n) is 14.2. The first-order valence-corrected chi connectivity index (χ1v) is 8.74. The highest BCUT2D eigenvalue weighted by atomic mass is 19.1. The predicted molar refractivity (Wildman–Crippen MR) is 88.5 cm³/mol. The molecule has 0 bridgehead atoms. The van der Waals surface area contributed by atoms with Crippen LogP contribution in [0.2, 0.25) is 0 Å². The second-order valence-corrected chi connectivity index (χ2v) is 5.97. The van der Waals surface area contributed by atoms with E-state index < -0.39 is 17.6 Å². The Hall–Kier alpha value is -1.45. The van der Waals surface area contributed by atoms with Gasteiger partial charge in [0.25, 0.3) is 0 Å². The number of carbonyl (C=O) groups is 1. The Labute approximate surface area is 138 Å². The fraction of sp³-hybridized carbons (Fsp3) is 0.632. The third-order valence-electron chi connectivity index (χ3n) is 4.01. The summed E-state index contributed by atoms with van der Waals surface area (Å²) in [6, 6.07) is 2.90. The van der Waals surface area contributed by atoms with Gasteiger partial charge in [-0.2, -0.15) is 0 Å². The molecule has 0 aliphatic carbocycles. The molecule has 0 aliphatic heterocycles. The van der Waals surface area contributed by atoms with Crippen molar-refractivity contribution in [3.63, 3.8) is 0 Å². The molecule has 0 radical (unpaired) electrons. The number of hydrogen-bond donors (Lipinski definition) is 0. The van der Waals surface area contributed by atoms with Crippen LogP contribution in [0.4, 0.5) is 8.78 Å². The van der Waals surface area contributed by atoms with Gasteiger partial charge in [0.15, 0.2) is 0 Å². The summed E-state index contributed by atoms with van der Waals surface area (Å²) in [5.74, 6) is -2.28. The largest absolute Gasteiger partial charge is 0.459 e. The van der Waals surface area contributed by atoms with E-state index >= 15 is 0 Å². The number of halogens is 2. The van der Waals surface area contributed by atoms with Crippen molar-refractivity contribution in [2.24, 2.45) is 0 Å². The average Bonchev–Trinajstić information content (AvgIpc) is 2.52. The lowest BCUT2D eigenvalue weighted by atomic mass is 10.1. The molecule has 0 saturated heterocycles. The quantitative estimate of drug-likeness (QED) is 0.366. The third kappa shape index (κ3) is 7.58. The van der Waals surface area contributed by atoms with E-state index in [2.05, 4.69) is 6.92 Å². The minimum atomic E-state index is -0.874. The van der Waals surface area contributed by atoms with E-state index in [0.717, 1.165) is 31.4 Å². The second-order valence-electron chi connectivity index (χ2n) is 5.97. The van der Waals surface area contributed by atoms with Crippen LogP contribution in [0.5, 0.6) is 0 Å². The van der Waals surface area contributed by atoms with Crippen molar-refractivity contribution >= 4 is 5.97 Å². The maximum Gasteiger partial charge on any atom is 0.341 e. The first kappa shape index (κ1) is 19.6. The van der Waals surface area contributed by atoms with E-state index in [1.54, 1.807) is 0 Å². The van der Waals surface area contributed by atoms with E-state index in [1.807, 2.05) is 6.92 Å². The highest BCUT2D eigenvalue weighted by Gasteiger charge is 2.18. The van der Waals surface area contributed by atoms with Crippen LogP contribution in [0, 0.1) is 11.6 Å². The molecule has 0 spiro atoms. The van der Waals surface area contributed by atoms with Gasteiger partial charge in [0.2, 0.25) is 0 Å². The number of unbranched alkanes of at least 4 members (excludes halogenated alkanes) is 6. The lowest BCUT2D eigenvalue weighted by Gasteiger charge is -2.16. The van der Waals surface area contributed by atoms with E-state index in [0.29, 0.717) is 12.5 Å². The van der Waals surface area contributed by atoms with Crippen LogP contribution in [-0.4, -0.2) is 12.1 Å². The van der Waals surface area contributed by atoms with Crippen LogP contribution >= 0.6 is 0 Å². The molecule has 4 heteroatoms. The zero-order valence-corrected chi connectivity index (χ0v) is 14.2. The number of carbonyl (C=O) groups excluding carboxylic acids is 1. The molecule has 0 aliphatic rings. The number of ether oxygens (including phenoxy) is 1. The predicted octanol–water partition coefficient (Wildman–Crippen LogP) is 6.04. The Bertz CT molecular complexity index is 474. The smallest absolute Gasteiger partial charge is 0.341 e. The van der Waals surface area contributed by atoms with Gasteiger partial charge in [0.05, 0.1) is 5.56 Å². The van der Waals surface area contributed by atoms with Gasteiger partial charge in [0, 0.05) is 6.07 Å². The zero-order chi connectivity index (χ0) is 17.1. The minimum absolute atomic E-state index is 0.204. The number of esters is 1. The summed E-state index contributed by atoms with van der Waals surface area (Å²) in [6.45, 7) is 4.14. The van der Waals surface area contributed by atoms with Crippen LogP contribution in [0.15, 0.2) is 18.2 Å². The number of rotatable bonds is 11. The molecule has 130 valence electrons. The van der Waals surface area contributed by atoms with Crippen molar-refractivity contribution in [2.75, 3.05) is 0 Å². The molecular formula is C19H28F2O2. The van der Waals surface area contributed by atoms with Gasteiger partial charge in [-0.1, -0.05) is 52.4 Å². The van der Waals surface area contributed by atoms with Crippen molar-refractivity contribution in [3.8, 4) is 0 Å². The van der Waals surface area contributed by atoms with E-state index in [1.165, 1.54) is 32.1 Å². The summed E-state index contributed by atoms with van der Waals surface area (Å²) in [5.41, 5.74) is -0.204. The van der Waals surface area contributed by atoms with E-state index in [4.69, 9.17) is 4.74 Å². The SMILES string of the molecule is CCCCCCCCCC(CC)OC(=O)c1ccc(F)cc1F. The van der Waals surface area contributed by atoms with Crippen LogP contribution in [0.25, 0.3) is 0 Å². The Morgan fingerprint density at radius 1 is 1.04 bits per heavy atom. The molecule has 0 saturated carbocycles. The standard InChI is InChI=1S/C19H28F2O2/c1-3-5-6-7-8-9-10-11-16(4-2)23-19(22)17-13-12-15(20)14-18(17)21/h12-14,16H,3-11H2,1-2H3. The van der Waals surface area contributed by atoms with Crippen LogP contribution in [-0.2, 0) is 4.74 Å². The molecule has 1 aromatic carbocycles. The molecule has 0 aromatic heterocycles. The molecule has 0 N–H and O–H groups in total. The van der Waals surface area contributed by atoms with Crippen LogP contribution in [0.3, 0.4) is 0 Å². The normalized spacial score (nSPS) is 12.2. The Balaban J connectivity index is 2.33. The molecule has 1 unspecified atom stereocenters. The lowest BCUT2D eigenvalue weighted by Crippen LogP contribution is -2.18. The molecule has 1 aromatic rings. The molecule has 2 nitrogen and oxygen atoms in total. The molecule has 0 fully saturated rings. The lowest BCUT2D eigenvalue weighted by molar-refractivity contribution is 0.0261. The van der Waals surface area contributed by atoms with Gasteiger partial charge >= 0.3 is 5.97 Å². The molecule has 23 heavy (non-hydrogen) atoms. The second kappa shape index (κ2) is 11.1. The molecule has 0 heterocycles. The van der Waals surface area contributed by atoms with Gasteiger partial charge in [-0.3, -0.25) is 0 Å². The Kier molecular flexibility index (Phi) is 9.49. The topological polar surface area (TPSA) is 26.3 Å². The molecule has 1 rings (SSSR count). The van der Waals surface area contributed by atoms with Gasteiger partial charge in [0.1, 0.15) is 17.7 Å². The van der Waals surface area contributed by atoms with E-state index in [9.17, 15) is 13.6 Å². The van der Waals surface area contributed by atoms with Gasteiger partial charge in [-0.15, -0.1) is 0 Å². The summed E-state index contributed by atoms with van der Waals surface area (Å²) in [4.78, 5) is 12.0. The molecule has 0 amide bonds. The fourth-order valence-corrected chi connectivity index (χ4v) is 2.55. The highest BCUT2D eigenvalue weighted by Crippen LogP contribution is 2.16. The van der Waals surface area contributed by atoms with Gasteiger partial charge < -0.3 is 4.74 Å². The first-order valence-electron chi connectivity index (χ1n) is 8.74. The van der Waals surface area contributed by atoms with Crippen LogP contribution < -0.4 is 0 Å². The Morgan fingerprint density at radius 3 is 2.30 bits per heavy atom. The highest BCUT2D eigenvalue weighted by molar-refractivity contribution is 5.89. The van der Waals surface area contributed by atoms with E-state index in [-0.39, 0.29) is 11.7 Å². The van der Waals surface area contributed by atoms with Crippen LogP contribution in [0.1, 0.15) is 82.0 Å². The number of hydrogen-bond acceptors (Lipinski definition) is 2. The van der Waals surface area contributed by atoms with Crippen molar-refractivity contribution < 1.29 is 18.3 Å². The fourth-order valence-electron chi connectivity index (χ4n) is 2.55. The maximum atomic E-state index is 13.6. The van der Waals surface area contributed by atoms with Gasteiger partial charge in [-0.05, 0) is 31.4 Å². The third-order valence-corrected chi connectivity index (χ3v) is 4.01.